The summed E-state index contributed by atoms with van der Waals surface area (Å²) in [6, 6.07) is 10.6. The number of carbonyl (C=O) groups is 1. The van der Waals surface area contributed by atoms with Crippen LogP contribution in [0, 0.1) is 5.95 Å². The molecule has 1 aromatic carbocycles. The van der Waals surface area contributed by atoms with Crippen LogP contribution >= 0.6 is 0 Å². The minimum Gasteiger partial charge on any atom is -0.497 e. The molecule has 2 saturated heterocycles. The zero-order valence-corrected chi connectivity index (χ0v) is 15.3. The first-order chi connectivity index (χ1) is 13.0. The van der Waals surface area contributed by atoms with E-state index in [2.05, 4.69) is 4.98 Å². The minimum atomic E-state index is -1.26. The van der Waals surface area contributed by atoms with Gasteiger partial charge in [-0.2, -0.15) is 4.39 Å². The summed E-state index contributed by atoms with van der Waals surface area (Å²) in [5, 5.41) is 11.1. The number of amides is 1. The third-order valence-electron chi connectivity index (χ3n) is 5.83. The zero-order valence-electron chi connectivity index (χ0n) is 15.3. The summed E-state index contributed by atoms with van der Waals surface area (Å²) < 4.78 is 19.3. The highest BCUT2D eigenvalue weighted by Gasteiger charge is 2.50. The molecule has 2 aliphatic heterocycles. The normalized spacial score (nSPS) is 26.9. The number of piperidine rings is 1. The number of methoxy groups -OCH3 is 1. The number of aliphatic hydroxyl groups is 1. The van der Waals surface area contributed by atoms with Gasteiger partial charge in [0.05, 0.1) is 19.1 Å². The van der Waals surface area contributed by atoms with Gasteiger partial charge in [-0.05, 0) is 36.6 Å². The highest BCUT2D eigenvalue weighted by molar-refractivity contribution is 5.80. The van der Waals surface area contributed by atoms with Crippen molar-refractivity contribution < 1.29 is 19.0 Å². The van der Waals surface area contributed by atoms with E-state index in [4.69, 9.17) is 4.74 Å². The first kappa shape index (κ1) is 17.9. The molecule has 0 aliphatic carbocycles. The maximum Gasteiger partial charge on any atom is 0.227 e. The van der Waals surface area contributed by atoms with Crippen molar-refractivity contribution in [2.45, 2.75) is 49.8 Å². The van der Waals surface area contributed by atoms with Crippen molar-refractivity contribution in [3.63, 3.8) is 0 Å². The molecule has 1 N–H and O–H groups in total. The van der Waals surface area contributed by atoms with E-state index in [0.29, 0.717) is 19.3 Å². The van der Waals surface area contributed by atoms with E-state index in [1.54, 1.807) is 19.2 Å². The molecule has 3 heterocycles. The molecule has 0 spiro atoms. The highest BCUT2D eigenvalue weighted by atomic mass is 19.1. The smallest absolute Gasteiger partial charge is 0.227 e. The van der Waals surface area contributed by atoms with E-state index < -0.39 is 11.5 Å². The van der Waals surface area contributed by atoms with Gasteiger partial charge in [-0.3, -0.25) is 4.79 Å². The lowest BCUT2D eigenvalue weighted by molar-refractivity contribution is -0.141. The summed E-state index contributed by atoms with van der Waals surface area (Å²) in [5.41, 5.74) is -0.0929. The lowest BCUT2D eigenvalue weighted by Crippen LogP contribution is -2.52. The molecule has 2 aliphatic rings. The molecule has 6 heteroatoms. The van der Waals surface area contributed by atoms with Gasteiger partial charge < -0.3 is 14.7 Å². The molecule has 0 unspecified atom stereocenters. The highest BCUT2D eigenvalue weighted by Crippen LogP contribution is 2.46. The second kappa shape index (κ2) is 6.93. The SMILES string of the molecule is COc1ccc(CC(=O)N2[C@H]3CC[C@H]2CC(O)(c2cccnc2F)C3)cc1. The van der Waals surface area contributed by atoms with Crippen LogP contribution < -0.4 is 4.74 Å². The molecule has 2 bridgehead atoms. The quantitative estimate of drug-likeness (QED) is 0.841. The van der Waals surface area contributed by atoms with Gasteiger partial charge in [0, 0.05) is 36.7 Å². The standard InChI is InChI=1S/C21H23FN2O3/c1-27-17-8-4-14(5-9-17)11-19(25)24-15-6-7-16(24)13-21(26,12-15)18-3-2-10-23-20(18)22/h2-5,8-10,15-16,26H,6-7,11-13H2,1H3/t15-,16-/m0/s1. The Bertz CT molecular complexity index is 826. The Balaban J connectivity index is 1.50. The van der Waals surface area contributed by atoms with Crippen LogP contribution in [0.4, 0.5) is 4.39 Å². The van der Waals surface area contributed by atoms with Crippen molar-refractivity contribution in [3.05, 3.63) is 59.7 Å². The van der Waals surface area contributed by atoms with Gasteiger partial charge in [0.25, 0.3) is 0 Å². The number of halogens is 1. The van der Waals surface area contributed by atoms with Crippen LogP contribution in [0.3, 0.4) is 0 Å². The van der Waals surface area contributed by atoms with Crippen molar-refractivity contribution in [2.24, 2.45) is 0 Å². The maximum absolute atomic E-state index is 14.1. The molecule has 2 fully saturated rings. The molecular formula is C21H23FN2O3. The summed E-state index contributed by atoms with van der Waals surface area (Å²) in [7, 11) is 1.61. The van der Waals surface area contributed by atoms with Crippen LogP contribution in [0.2, 0.25) is 0 Å². The Kier molecular flexibility index (Phi) is 4.60. The molecular weight excluding hydrogens is 347 g/mol. The molecule has 5 nitrogen and oxygen atoms in total. The molecule has 4 rings (SSSR count). The Morgan fingerprint density at radius 2 is 1.93 bits per heavy atom. The van der Waals surface area contributed by atoms with Crippen molar-refractivity contribution in [1.29, 1.82) is 0 Å². The molecule has 27 heavy (non-hydrogen) atoms. The number of nitrogens with zero attached hydrogens (tertiary/aromatic N) is 2. The van der Waals surface area contributed by atoms with Crippen LogP contribution in [0.5, 0.6) is 5.75 Å². The summed E-state index contributed by atoms with van der Waals surface area (Å²) in [6.45, 7) is 0. The summed E-state index contributed by atoms with van der Waals surface area (Å²) >= 11 is 0. The van der Waals surface area contributed by atoms with Crippen LogP contribution in [-0.2, 0) is 16.8 Å². The fraction of sp³-hybridized carbons (Fsp3) is 0.429. The van der Waals surface area contributed by atoms with E-state index in [-0.39, 0.29) is 23.6 Å². The lowest BCUT2D eigenvalue weighted by atomic mass is 9.81. The molecule has 1 aromatic heterocycles. The van der Waals surface area contributed by atoms with Crippen molar-refractivity contribution in [2.75, 3.05) is 7.11 Å². The number of pyridine rings is 1. The Labute approximate surface area is 157 Å². The van der Waals surface area contributed by atoms with Crippen LogP contribution in [-0.4, -0.2) is 40.1 Å². The number of hydrogen-bond acceptors (Lipinski definition) is 4. The average molecular weight is 370 g/mol. The van der Waals surface area contributed by atoms with Gasteiger partial charge in [0.15, 0.2) is 0 Å². The van der Waals surface area contributed by atoms with Crippen LogP contribution in [0.15, 0.2) is 42.6 Å². The summed E-state index contributed by atoms with van der Waals surface area (Å²) in [5.74, 6) is 0.187. The zero-order chi connectivity index (χ0) is 19.0. The maximum atomic E-state index is 14.1. The summed E-state index contributed by atoms with van der Waals surface area (Å²) in [6.07, 6.45) is 4.06. The van der Waals surface area contributed by atoms with Crippen LogP contribution in [0.1, 0.15) is 36.8 Å². The van der Waals surface area contributed by atoms with Gasteiger partial charge in [-0.1, -0.05) is 18.2 Å². The molecule has 0 radical (unpaired) electrons. The number of rotatable bonds is 4. The topological polar surface area (TPSA) is 62.7 Å². The Morgan fingerprint density at radius 1 is 1.26 bits per heavy atom. The molecule has 2 atom stereocenters. The fourth-order valence-corrected chi connectivity index (χ4v) is 4.59. The number of ether oxygens (including phenoxy) is 1. The van der Waals surface area contributed by atoms with Crippen molar-refractivity contribution in [1.82, 2.24) is 9.88 Å². The monoisotopic (exact) mass is 370 g/mol. The first-order valence-corrected chi connectivity index (χ1v) is 9.27. The number of carbonyl (C=O) groups excluding carboxylic acids is 1. The van der Waals surface area contributed by atoms with Gasteiger partial charge in [0.2, 0.25) is 11.9 Å². The third-order valence-corrected chi connectivity index (χ3v) is 5.83. The van der Waals surface area contributed by atoms with Gasteiger partial charge in [-0.25, -0.2) is 4.98 Å². The van der Waals surface area contributed by atoms with Crippen LogP contribution in [0.25, 0.3) is 0 Å². The first-order valence-electron chi connectivity index (χ1n) is 9.27. The largest absolute Gasteiger partial charge is 0.497 e. The van der Waals surface area contributed by atoms with Gasteiger partial charge >= 0.3 is 0 Å². The van der Waals surface area contributed by atoms with E-state index >= 15 is 0 Å². The molecule has 142 valence electrons. The number of aromatic nitrogens is 1. The predicted molar refractivity (Wildman–Crippen MR) is 97.7 cm³/mol. The Morgan fingerprint density at radius 3 is 2.52 bits per heavy atom. The predicted octanol–water partition coefficient (Wildman–Crippen LogP) is 2.81. The van der Waals surface area contributed by atoms with Crippen molar-refractivity contribution >= 4 is 5.91 Å². The number of benzene rings is 1. The van der Waals surface area contributed by atoms with E-state index in [1.165, 1.54) is 6.20 Å². The second-order valence-electron chi connectivity index (χ2n) is 7.49. The minimum absolute atomic E-state index is 0.0568. The Hall–Kier alpha value is -2.47. The van der Waals surface area contributed by atoms with E-state index in [0.717, 1.165) is 24.2 Å². The van der Waals surface area contributed by atoms with Crippen molar-refractivity contribution in [3.8, 4) is 5.75 Å². The lowest BCUT2D eigenvalue weighted by Gasteiger charge is -2.44. The van der Waals surface area contributed by atoms with E-state index in [1.807, 2.05) is 29.2 Å². The third kappa shape index (κ3) is 3.30. The number of hydrogen-bond donors (Lipinski definition) is 1. The van der Waals surface area contributed by atoms with Gasteiger partial charge in [0.1, 0.15) is 5.75 Å². The molecule has 2 aromatic rings. The fourth-order valence-electron chi connectivity index (χ4n) is 4.59. The summed E-state index contributed by atoms with van der Waals surface area (Å²) in [4.78, 5) is 18.5. The number of fused-ring (bicyclic) bond motifs is 2. The van der Waals surface area contributed by atoms with Gasteiger partial charge in [-0.15, -0.1) is 0 Å². The molecule has 1 amide bonds. The van der Waals surface area contributed by atoms with E-state index in [9.17, 15) is 14.3 Å². The molecule has 0 saturated carbocycles. The second-order valence-corrected chi connectivity index (χ2v) is 7.49. The average Bonchev–Trinajstić information content (AvgIpc) is 2.95.